The Morgan fingerprint density at radius 1 is 1.38 bits per heavy atom. The van der Waals surface area contributed by atoms with Gasteiger partial charge in [0.05, 0.1) is 11.2 Å². The number of halogens is 1. The van der Waals surface area contributed by atoms with E-state index in [4.69, 9.17) is 16.7 Å². The number of aliphatic carboxylic acids is 1. The van der Waals surface area contributed by atoms with Crippen LogP contribution in [0.15, 0.2) is 41.7 Å². The number of carboxylic acids is 1. The highest BCUT2D eigenvalue weighted by Crippen LogP contribution is 2.14. The van der Waals surface area contributed by atoms with Crippen molar-refractivity contribution >= 4 is 27.6 Å². The van der Waals surface area contributed by atoms with Crippen molar-refractivity contribution in [2.24, 2.45) is 0 Å². The molecule has 0 fully saturated rings. The van der Waals surface area contributed by atoms with Gasteiger partial charge in [0.1, 0.15) is 6.04 Å². The summed E-state index contributed by atoms with van der Waals surface area (Å²) < 4.78 is 26.4. The van der Waals surface area contributed by atoms with Gasteiger partial charge in [-0.15, -0.1) is 0 Å². The second kappa shape index (κ2) is 6.25. The summed E-state index contributed by atoms with van der Waals surface area (Å²) in [6.45, 7) is 0. The average molecular weight is 330 g/mol. The number of aromatic nitrogens is 2. The van der Waals surface area contributed by atoms with Gasteiger partial charge >= 0.3 is 5.97 Å². The Morgan fingerprint density at radius 3 is 2.57 bits per heavy atom. The fraction of sp³-hybridized carbons (Fsp3) is 0.167. The predicted molar refractivity (Wildman–Crippen MR) is 75.5 cm³/mol. The van der Waals surface area contributed by atoms with Gasteiger partial charge in [0.15, 0.2) is 0 Å². The Hall–Kier alpha value is -1.90. The Balaban J connectivity index is 2.19. The maximum absolute atomic E-state index is 12.1. The van der Waals surface area contributed by atoms with Crippen molar-refractivity contribution < 1.29 is 18.3 Å². The third-order valence-corrected chi connectivity index (χ3v) is 4.44. The second-order valence-electron chi connectivity index (χ2n) is 4.25. The zero-order valence-corrected chi connectivity index (χ0v) is 12.2. The van der Waals surface area contributed by atoms with Crippen LogP contribution in [0, 0.1) is 0 Å². The molecule has 1 aromatic carbocycles. The number of H-pyrrole nitrogens is 1. The lowest BCUT2D eigenvalue weighted by Gasteiger charge is -2.14. The number of benzene rings is 1. The van der Waals surface area contributed by atoms with Crippen LogP contribution in [0.25, 0.3) is 0 Å². The largest absolute Gasteiger partial charge is 0.480 e. The number of imidazole rings is 1. The minimum absolute atomic E-state index is 0.0395. The molecule has 0 bridgehead atoms. The van der Waals surface area contributed by atoms with Crippen molar-refractivity contribution in [3.63, 3.8) is 0 Å². The van der Waals surface area contributed by atoms with Crippen LogP contribution in [0.5, 0.6) is 0 Å². The number of carbonyl (C=O) groups is 1. The van der Waals surface area contributed by atoms with Gasteiger partial charge in [-0.05, 0) is 24.3 Å². The monoisotopic (exact) mass is 329 g/mol. The zero-order chi connectivity index (χ0) is 15.5. The van der Waals surface area contributed by atoms with Crippen LogP contribution >= 0.6 is 11.6 Å². The third-order valence-electron chi connectivity index (χ3n) is 2.70. The first-order valence-corrected chi connectivity index (χ1v) is 7.72. The van der Waals surface area contributed by atoms with Gasteiger partial charge in [-0.25, -0.2) is 13.4 Å². The molecule has 21 heavy (non-hydrogen) atoms. The normalized spacial score (nSPS) is 13.0. The quantitative estimate of drug-likeness (QED) is 0.733. The first-order valence-electron chi connectivity index (χ1n) is 5.86. The summed E-state index contributed by atoms with van der Waals surface area (Å²) in [6.07, 6.45) is 2.79. The van der Waals surface area contributed by atoms with E-state index in [0.29, 0.717) is 10.7 Å². The van der Waals surface area contributed by atoms with E-state index >= 15 is 0 Å². The van der Waals surface area contributed by atoms with Gasteiger partial charge in [-0.3, -0.25) is 4.79 Å². The number of nitrogens with one attached hydrogen (secondary N) is 2. The lowest BCUT2D eigenvalue weighted by molar-refractivity contribution is -0.138. The highest BCUT2D eigenvalue weighted by molar-refractivity contribution is 7.89. The molecule has 2 aromatic rings. The Kier molecular flexibility index (Phi) is 4.61. The molecule has 0 aliphatic heterocycles. The van der Waals surface area contributed by atoms with E-state index in [1.54, 1.807) is 0 Å². The number of sulfonamides is 1. The van der Waals surface area contributed by atoms with Crippen molar-refractivity contribution in [2.75, 3.05) is 0 Å². The van der Waals surface area contributed by atoms with Crippen LogP contribution in [0.2, 0.25) is 5.02 Å². The molecule has 9 heteroatoms. The first kappa shape index (κ1) is 15.5. The van der Waals surface area contributed by atoms with Crippen LogP contribution in [0.1, 0.15) is 5.69 Å². The number of hydrogen-bond donors (Lipinski definition) is 3. The number of hydrogen-bond acceptors (Lipinski definition) is 4. The maximum atomic E-state index is 12.1. The number of rotatable bonds is 6. The van der Waals surface area contributed by atoms with Gasteiger partial charge < -0.3 is 10.1 Å². The van der Waals surface area contributed by atoms with Crippen LogP contribution in [0.4, 0.5) is 0 Å². The minimum atomic E-state index is -3.95. The minimum Gasteiger partial charge on any atom is -0.480 e. The second-order valence-corrected chi connectivity index (χ2v) is 6.40. The number of nitrogens with zero attached hydrogens (tertiary/aromatic N) is 1. The molecule has 1 atom stereocenters. The lowest BCUT2D eigenvalue weighted by Crippen LogP contribution is -2.42. The molecule has 0 saturated heterocycles. The Bertz CT molecular complexity index is 713. The highest BCUT2D eigenvalue weighted by atomic mass is 35.5. The molecule has 0 unspecified atom stereocenters. The van der Waals surface area contributed by atoms with E-state index in [-0.39, 0.29) is 11.3 Å². The van der Waals surface area contributed by atoms with Crippen LogP contribution in [-0.2, 0) is 21.2 Å². The molecule has 0 radical (unpaired) electrons. The lowest BCUT2D eigenvalue weighted by atomic mass is 10.2. The predicted octanol–water partition coefficient (Wildman–Crippen LogP) is 1.04. The van der Waals surface area contributed by atoms with E-state index in [1.165, 1.54) is 36.8 Å². The average Bonchev–Trinajstić information content (AvgIpc) is 2.91. The Labute approximate surface area is 126 Å². The molecular formula is C12H12ClN3O4S. The van der Waals surface area contributed by atoms with E-state index in [2.05, 4.69) is 14.7 Å². The van der Waals surface area contributed by atoms with Crippen LogP contribution in [0.3, 0.4) is 0 Å². The third kappa shape index (κ3) is 4.03. The molecule has 0 amide bonds. The van der Waals surface area contributed by atoms with E-state index in [1.807, 2.05) is 0 Å². The molecular weight excluding hydrogens is 318 g/mol. The van der Waals surface area contributed by atoms with Crippen molar-refractivity contribution in [2.45, 2.75) is 17.4 Å². The fourth-order valence-corrected chi connectivity index (χ4v) is 2.98. The van der Waals surface area contributed by atoms with Crippen molar-refractivity contribution in [1.29, 1.82) is 0 Å². The summed E-state index contributed by atoms with van der Waals surface area (Å²) in [5.74, 6) is -1.28. The highest BCUT2D eigenvalue weighted by Gasteiger charge is 2.26. The molecule has 0 spiro atoms. The summed E-state index contributed by atoms with van der Waals surface area (Å²) in [5.41, 5.74) is 0.515. The van der Waals surface area contributed by atoms with Gasteiger partial charge in [-0.2, -0.15) is 4.72 Å². The van der Waals surface area contributed by atoms with Crippen molar-refractivity contribution in [1.82, 2.24) is 14.7 Å². The topological polar surface area (TPSA) is 112 Å². The van der Waals surface area contributed by atoms with Crippen molar-refractivity contribution in [3.8, 4) is 0 Å². The smallest absolute Gasteiger partial charge is 0.322 e. The van der Waals surface area contributed by atoms with E-state index < -0.39 is 22.0 Å². The molecule has 1 heterocycles. The molecule has 0 aliphatic carbocycles. The zero-order valence-electron chi connectivity index (χ0n) is 10.7. The molecule has 3 N–H and O–H groups in total. The fourth-order valence-electron chi connectivity index (χ4n) is 1.66. The number of carboxylic acid groups (broad SMARTS) is 1. The molecule has 7 nitrogen and oxygen atoms in total. The maximum Gasteiger partial charge on any atom is 0.322 e. The molecule has 2 rings (SSSR count). The summed E-state index contributed by atoms with van der Waals surface area (Å²) >= 11 is 5.69. The summed E-state index contributed by atoms with van der Waals surface area (Å²) in [7, 11) is -3.95. The van der Waals surface area contributed by atoms with Gasteiger partial charge in [0.2, 0.25) is 10.0 Å². The van der Waals surface area contributed by atoms with E-state index in [0.717, 1.165) is 0 Å². The van der Waals surface area contributed by atoms with Gasteiger partial charge in [-0.1, -0.05) is 11.6 Å². The summed E-state index contributed by atoms with van der Waals surface area (Å²) in [5, 5.41) is 9.53. The van der Waals surface area contributed by atoms with E-state index in [9.17, 15) is 13.2 Å². The standard InChI is InChI=1S/C12H12ClN3O4S/c13-8-1-3-10(4-2-8)21(19,20)16-11(12(17)18)5-9-6-14-7-15-9/h1-4,6-7,11,16H,5H2,(H,14,15)(H,17,18)/t11-/m0/s1. The first-order chi connectivity index (χ1) is 9.88. The Morgan fingerprint density at radius 2 is 2.05 bits per heavy atom. The molecule has 0 aliphatic rings. The van der Waals surface area contributed by atoms with Gasteiger partial charge in [0, 0.05) is 23.3 Å². The van der Waals surface area contributed by atoms with Crippen LogP contribution in [-0.4, -0.2) is 35.5 Å². The van der Waals surface area contributed by atoms with Gasteiger partial charge in [0.25, 0.3) is 0 Å². The van der Waals surface area contributed by atoms with Crippen LogP contribution < -0.4 is 4.72 Å². The molecule has 0 saturated carbocycles. The van der Waals surface area contributed by atoms with Crippen molar-refractivity contribution in [3.05, 3.63) is 47.5 Å². The molecule has 1 aromatic heterocycles. The summed E-state index contributed by atoms with van der Waals surface area (Å²) in [4.78, 5) is 17.6. The number of aromatic amines is 1. The molecule has 112 valence electrons. The summed E-state index contributed by atoms with van der Waals surface area (Å²) in [6, 6.07) is 4.15. The SMILES string of the molecule is O=C(O)[C@H](Cc1cnc[nH]1)NS(=O)(=O)c1ccc(Cl)cc1.